The van der Waals surface area contributed by atoms with Crippen molar-refractivity contribution in [1.82, 2.24) is 33.9 Å². The lowest BCUT2D eigenvalue weighted by atomic mass is 9.83. The van der Waals surface area contributed by atoms with E-state index in [9.17, 15) is 22.3 Å². The highest BCUT2D eigenvalue weighted by Crippen LogP contribution is 2.32. The Hall–Kier alpha value is -4.42. The zero-order chi connectivity index (χ0) is 30.9. The van der Waals surface area contributed by atoms with Crippen LogP contribution < -0.4 is 10.6 Å². The van der Waals surface area contributed by atoms with E-state index in [4.69, 9.17) is 0 Å². The van der Waals surface area contributed by atoms with E-state index in [1.165, 1.54) is 24.8 Å². The van der Waals surface area contributed by atoms with E-state index in [0.29, 0.717) is 65.5 Å². The van der Waals surface area contributed by atoms with Crippen LogP contribution in [0.2, 0.25) is 0 Å². The van der Waals surface area contributed by atoms with Crippen LogP contribution in [0.25, 0.3) is 11.4 Å². The van der Waals surface area contributed by atoms with Crippen LogP contribution in [0.3, 0.4) is 0 Å². The van der Waals surface area contributed by atoms with E-state index in [2.05, 4.69) is 47.6 Å². The minimum absolute atomic E-state index is 0.105. The predicted octanol–water partition coefficient (Wildman–Crippen LogP) is 3.79. The number of halogens is 2. The molecule has 15 heteroatoms. The first-order chi connectivity index (χ1) is 21.0. The standard InChI is InChI=1S/C29H31F2N9O3S/c1-29(41)9-6-22(7-10-29)36-24-12-27(33-14-20(24)3-2-19-13-34-39(16-19)18-25(30)31)37-26-8-11-32-28(38-26)21-15-35-40(17-21)44(42,43)23-4-5-23/h8,11-17,22-23,25,41H,4-7,9-10,18H2,1H3,(H2,32,33,36,37,38). The van der Waals surface area contributed by atoms with Gasteiger partial charge in [-0.1, -0.05) is 11.8 Å². The van der Waals surface area contributed by atoms with Crippen LogP contribution in [0.1, 0.15) is 56.6 Å². The summed E-state index contributed by atoms with van der Waals surface area (Å²) in [6.07, 6.45) is 10.5. The lowest BCUT2D eigenvalue weighted by Gasteiger charge is -2.34. The van der Waals surface area contributed by atoms with Crippen molar-refractivity contribution in [2.75, 3.05) is 10.6 Å². The van der Waals surface area contributed by atoms with Gasteiger partial charge in [-0.25, -0.2) is 32.2 Å². The van der Waals surface area contributed by atoms with Gasteiger partial charge in [-0.15, -0.1) is 0 Å². The van der Waals surface area contributed by atoms with Crippen LogP contribution in [-0.4, -0.2) is 70.8 Å². The zero-order valence-electron chi connectivity index (χ0n) is 23.9. The molecular weight excluding hydrogens is 592 g/mol. The Kier molecular flexibility index (Phi) is 8.04. The molecule has 12 nitrogen and oxygen atoms in total. The molecule has 3 N–H and O–H groups in total. The minimum Gasteiger partial charge on any atom is -0.390 e. The monoisotopic (exact) mass is 623 g/mol. The number of aromatic nitrogens is 7. The van der Waals surface area contributed by atoms with Crippen LogP contribution in [0, 0.1) is 11.8 Å². The largest absolute Gasteiger partial charge is 0.390 e. The number of nitrogens with zero attached hydrogens (tertiary/aromatic N) is 7. The number of nitrogens with one attached hydrogen (secondary N) is 2. The molecule has 0 amide bonds. The first kappa shape index (κ1) is 29.6. The van der Waals surface area contributed by atoms with Gasteiger partial charge in [0, 0.05) is 30.7 Å². The van der Waals surface area contributed by atoms with Gasteiger partial charge in [0.2, 0.25) is 0 Å². The molecule has 0 spiro atoms. The predicted molar refractivity (Wildman–Crippen MR) is 159 cm³/mol. The van der Waals surface area contributed by atoms with Crippen LogP contribution in [0.15, 0.2) is 49.3 Å². The Morgan fingerprint density at radius 3 is 2.61 bits per heavy atom. The van der Waals surface area contributed by atoms with Crippen molar-refractivity contribution in [3.63, 3.8) is 0 Å². The summed E-state index contributed by atoms with van der Waals surface area (Å²) in [5, 5.41) is 24.7. The Balaban J connectivity index is 1.23. The number of anilines is 3. The van der Waals surface area contributed by atoms with Crippen molar-refractivity contribution >= 4 is 27.3 Å². The second-order valence-electron chi connectivity index (χ2n) is 11.4. The molecule has 230 valence electrons. The molecule has 2 aliphatic rings. The molecule has 2 fully saturated rings. The van der Waals surface area contributed by atoms with Crippen molar-refractivity contribution in [3.8, 4) is 23.2 Å². The Bertz CT molecular complexity index is 1810. The maximum absolute atomic E-state index is 12.7. The average Bonchev–Trinajstić information content (AvgIpc) is 3.56. The van der Waals surface area contributed by atoms with E-state index < -0.39 is 33.8 Å². The van der Waals surface area contributed by atoms with Crippen molar-refractivity contribution in [1.29, 1.82) is 0 Å². The molecule has 0 saturated heterocycles. The van der Waals surface area contributed by atoms with E-state index in [1.807, 2.05) is 6.92 Å². The summed E-state index contributed by atoms with van der Waals surface area (Å²) in [6.45, 7) is 1.34. The van der Waals surface area contributed by atoms with Crippen LogP contribution in [0.5, 0.6) is 0 Å². The highest BCUT2D eigenvalue weighted by atomic mass is 32.2. The van der Waals surface area contributed by atoms with Crippen LogP contribution in [-0.2, 0) is 16.6 Å². The van der Waals surface area contributed by atoms with E-state index in [1.54, 1.807) is 24.5 Å². The highest BCUT2D eigenvalue weighted by molar-refractivity contribution is 7.90. The molecule has 0 unspecified atom stereocenters. The summed E-state index contributed by atoms with van der Waals surface area (Å²) in [6, 6.07) is 3.57. The Morgan fingerprint density at radius 2 is 1.86 bits per heavy atom. The Morgan fingerprint density at radius 1 is 1.07 bits per heavy atom. The number of rotatable bonds is 9. The molecular formula is C29H31F2N9O3S. The van der Waals surface area contributed by atoms with Gasteiger partial charge >= 0.3 is 0 Å². The molecule has 0 bridgehead atoms. The maximum atomic E-state index is 12.7. The lowest BCUT2D eigenvalue weighted by Crippen LogP contribution is -2.35. The quantitative estimate of drug-likeness (QED) is 0.235. The summed E-state index contributed by atoms with van der Waals surface area (Å²) >= 11 is 0. The summed E-state index contributed by atoms with van der Waals surface area (Å²) in [5.41, 5.74) is 1.58. The first-order valence-corrected chi connectivity index (χ1v) is 15.8. The van der Waals surface area contributed by atoms with Crippen molar-refractivity contribution in [3.05, 3.63) is 60.4 Å². The molecule has 2 aliphatic carbocycles. The average molecular weight is 624 g/mol. The third-order valence-electron chi connectivity index (χ3n) is 7.56. The summed E-state index contributed by atoms with van der Waals surface area (Å²) in [7, 11) is -3.51. The number of hydrogen-bond donors (Lipinski definition) is 3. The first-order valence-electron chi connectivity index (χ1n) is 14.3. The number of aliphatic hydroxyl groups is 1. The SMILES string of the molecule is CC1(O)CCC(Nc2cc(Nc3ccnc(-c4cnn(S(=O)(=O)C5CC5)c4)n3)ncc2C#Cc2cnn(CC(F)F)c2)CC1. The van der Waals surface area contributed by atoms with Crippen LogP contribution in [0.4, 0.5) is 26.1 Å². The van der Waals surface area contributed by atoms with Gasteiger partial charge in [0.1, 0.15) is 18.2 Å². The molecule has 0 aliphatic heterocycles. The molecule has 4 heterocycles. The number of alkyl halides is 2. The molecule has 0 radical (unpaired) electrons. The van der Waals surface area contributed by atoms with Gasteiger partial charge in [0.15, 0.2) is 5.82 Å². The summed E-state index contributed by atoms with van der Waals surface area (Å²) in [4.78, 5) is 13.3. The second-order valence-corrected chi connectivity index (χ2v) is 13.4. The normalized spacial score (nSPS) is 20.2. The maximum Gasteiger partial charge on any atom is 0.257 e. The van der Waals surface area contributed by atoms with Crippen LogP contribution >= 0.6 is 0 Å². The van der Waals surface area contributed by atoms with E-state index in [-0.39, 0.29) is 6.04 Å². The van der Waals surface area contributed by atoms with Gasteiger partial charge in [-0.3, -0.25) is 4.68 Å². The van der Waals surface area contributed by atoms with Crippen molar-refractivity contribution < 1.29 is 22.3 Å². The van der Waals surface area contributed by atoms with Gasteiger partial charge in [0.25, 0.3) is 16.4 Å². The van der Waals surface area contributed by atoms with Crippen molar-refractivity contribution in [2.45, 2.75) is 75.3 Å². The smallest absolute Gasteiger partial charge is 0.257 e. The second kappa shape index (κ2) is 11.9. The fourth-order valence-electron chi connectivity index (χ4n) is 4.93. The molecule has 0 atom stereocenters. The fourth-order valence-corrected chi connectivity index (χ4v) is 6.41. The Labute approximate surface area is 253 Å². The third-order valence-corrected chi connectivity index (χ3v) is 9.60. The zero-order valence-corrected chi connectivity index (χ0v) is 24.7. The summed E-state index contributed by atoms with van der Waals surface area (Å²) < 4.78 is 52.6. The van der Waals surface area contributed by atoms with E-state index >= 15 is 0 Å². The van der Waals surface area contributed by atoms with Gasteiger partial charge in [-0.05, 0) is 51.5 Å². The molecule has 2 saturated carbocycles. The fraction of sp³-hybridized carbons (Fsp3) is 0.414. The molecule has 44 heavy (non-hydrogen) atoms. The van der Waals surface area contributed by atoms with Crippen molar-refractivity contribution in [2.24, 2.45) is 0 Å². The molecule has 4 aromatic heterocycles. The lowest BCUT2D eigenvalue weighted by molar-refractivity contribution is 0.0196. The summed E-state index contributed by atoms with van der Waals surface area (Å²) in [5.74, 6) is 7.26. The minimum atomic E-state index is -3.51. The topological polar surface area (TPSA) is 153 Å². The molecule has 6 rings (SSSR count). The highest BCUT2D eigenvalue weighted by Gasteiger charge is 2.37. The van der Waals surface area contributed by atoms with E-state index in [0.717, 1.165) is 21.6 Å². The number of pyridine rings is 1. The van der Waals surface area contributed by atoms with Gasteiger partial charge in [0.05, 0.1) is 51.8 Å². The molecule has 0 aromatic carbocycles. The molecule has 4 aromatic rings. The van der Waals surface area contributed by atoms with Gasteiger partial charge in [-0.2, -0.15) is 14.3 Å². The number of hydrogen-bond acceptors (Lipinski definition) is 10. The third kappa shape index (κ3) is 7.03. The van der Waals surface area contributed by atoms with Gasteiger partial charge < -0.3 is 15.7 Å².